The first-order valence-electron chi connectivity index (χ1n) is 3.25. The minimum atomic E-state index is 0.674. The number of hydroxylamine groups is 1. The number of nitrogens with zero attached hydrogens (tertiary/aromatic N) is 1. The van der Waals surface area contributed by atoms with E-state index >= 15 is 0 Å². The lowest BCUT2D eigenvalue weighted by Crippen LogP contribution is -2.13. The van der Waals surface area contributed by atoms with E-state index in [9.17, 15) is 0 Å². The number of hydrogen-bond donors (Lipinski definition) is 2. The molecular weight excluding hydrogens is 130 g/mol. The van der Waals surface area contributed by atoms with E-state index in [2.05, 4.69) is 15.4 Å². The van der Waals surface area contributed by atoms with E-state index in [1.807, 2.05) is 6.92 Å². The van der Waals surface area contributed by atoms with Crippen molar-refractivity contribution in [1.82, 2.24) is 15.4 Å². The topological polar surface area (TPSA) is 49.9 Å². The molecule has 0 spiro atoms. The largest absolute Gasteiger partial charge is 0.347 e. The molecular formula is C6H11N3O. The van der Waals surface area contributed by atoms with Crippen LogP contribution < -0.4 is 5.48 Å². The summed E-state index contributed by atoms with van der Waals surface area (Å²) in [5.74, 6) is 0. The second-order valence-corrected chi connectivity index (χ2v) is 1.83. The number of H-pyrrole nitrogens is 1. The van der Waals surface area contributed by atoms with E-state index in [-0.39, 0.29) is 0 Å². The molecule has 2 N–H and O–H groups in total. The summed E-state index contributed by atoms with van der Waals surface area (Å²) in [6, 6.07) is 0. The van der Waals surface area contributed by atoms with Crippen molar-refractivity contribution in [2.45, 2.75) is 13.5 Å². The van der Waals surface area contributed by atoms with Crippen molar-refractivity contribution < 1.29 is 4.84 Å². The maximum atomic E-state index is 4.91. The fraction of sp³-hybridized carbons (Fsp3) is 0.500. The molecule has 4 heteroatoms. The Balaban J connectivity index is 2.15. The van der Waals surface area contributed by atoms with Crippen LogP contribution in [-0.4, -0.2) is 16.6 Å². The van der Waals surface area contributed by atoms with Gasteiger partial charge in [0.15, 0.2) is 0 Å². The van der Waals surface area contributed by atoms with Gasteiger partial charge in [0, 0.05) is 6.20 Å². The summed E-state index contributed by atoms with van der Waals surface area (Å²) >= 11 is 0. The number of nitrogens with one attached hydrogen (secondary N) is 2. The molecule has 1 heterocycles. The summed E-state index contributed by atoms with van der Waals surface area (Å²) in [4.78, 5) is 11.7. The van der Waals surface area contributed by atoms with Gasteiger partial charge in [-0.05, 0) is 6.92 Å². The van der Waals surface area contributed by atoms with Gasteiger partial charge in [-0.1, -0.05) is 0 Å². The summed E-state index contributed by atoms with van der Waals surface area (Å²) in [7, 11) is 0. The number of rotatable bonds is 4. The van der Waals surface area contributed by atoms with Gasteiger partial charge in [0.05, 0.1) is 25.2 Å². The third-order valence-corrected chi connectivity index (χ3v) is 1.06. The average Bonchev–Trinajstić information content (AvgIpc) is 2.41. The Morgan fingerprint density at radius 3 is 3.30 bits per heavy atom. The normalized spacial score (nSPS) is 10.1. The van der Waals surface area contributed by atoms with E-state index in [1.54, 1.807) is 12.5 Å². The van der Waals surface area contributed by atoms with E-state index in [1.165, 1.54) is 0 Å². The molecule has 0 unspecified atom stereocenters. The van der Waals surface area contributed by atoms with Crippen LogP contribution in [0.25, 0.3) is 0 Å². The lowest BCUT2D eigenvalue weighted by Gasteiger charge is -1.99. The van der Waals surface area contributed by atoms with Gasteiger partial charge in [-0.15, -0.1) is 0 Å². The van der Waals surface area contributed by atoms with Crippen LogP contribution in [0, 0.1) is 0 Å². The monoisotopic (exact) mass is 141 g/mol. The van der Waals surface area contributed by atoms with Gasteiger partial charge in [-0.2, -0.15) is 5.48 Å². The van der Waals surface area contributed by atoms with Gasteiger partial charge in [-0.25, -0.2) is 4.98 Å². The van der Waals surface area contributed by atoms with Crippen molar-refractivity contribution in [2.75, 3.05) is 6.61 Å². The Hall–Kier alpha value is -0.870. The zero-order chi connectivity index (χ0) is 7.23. The molecule has 10 heavy (non-hydrogen) atoms. The third kappa shape index (κ3) is 2.16. The highest BCUT2D eigenvalue weighted by Crippen LogP contribution is 1.87. The number of imidazole rings is 1. The second-order valence-electron chi connectivity index (χ2n) is 1.83. The fourth-order valence-corrected chi connectivity index (χ4v) is 0.612. The van der Waals surface area contributed by atoms with Crippen molar-refractivity contribution >= 4 is 0 Å². The van der Waals surface area contributed by atoms with Crippen molar-refractivity contribution in [3.63, 3.8) is 0 Å². The maximum Gasteiger partial charge on any atom is 0.0922 e. The lowest BCUT2D eigenvalue weighted by molar-refractivity contribution is 0.0457. The van der Waals surface area contributed by atoms with Crippen LogP contribution in [-0.2, 0) is 11.4 Å². The SMILES string of the molecule is CCONCc1cnc[nH]1. The van der Waals surface area contributed by atoms with E-state index in [0.717, 1.165) is 5.69 Å². The predicted octanol–water partition coefficient (Wildman–Crippen LogP) is 0.451. The van der Waals surface area contributed by atoms with Crippen molar-refractivity contribution in [3.05, 3.63) is 18.2 Å². The Bertz CT molecular complexity index is 162. The molecule has 0 amide bonds. The van der Waals surface area contributed by atoms with Crippen LogP contribution in [0.3, 0.4) is 0 Å². The molecule has 1 aromatic rings. The maximum absolute atomic E-state index is 4.91. The first-order valence-corrected chi connectivity index (χ1v) is 3.25. The predicted molar refractivity (Wildman–Crippen MR) is 37.1 cm³/mol. The van der Waals surface area contributed by atoms with Gasteiger partial charge in [0.1, 0.15) is 0 Å². The summed E-state index contributed by atoms with van der Waals surface area (Å²) in [6.45, 7) is 3.28. The van der Waals surface area contributed by atoms with Crippen LogP contribution in [0.1, 0.15) is 12.6 Å². The highest BCUT2D eigenvalue weighted by Gasteiger charge is 1.89. The molecule has 1 aromatic heterocycles. The molecule has 0 aromatic carbocycles. The molecule has 0 aliphatic carbocycles. The first-order chi connectivity index (χ1) is 4.93. The zero-order valence-corrected chi connectivity index (χ0v) is 5.92. The smallest absolute Gasteiger partial charge is 0.0922 e. The van der Waals surface area contributed by atoms with Crippen LogP contribution >= 0.6 is 0 Å². The van der Waals surface area contributed by atoms with Gasteiger partial charge >= 0.3 is 0 Å². The molecule has 1 rings (SSSR count). The van der Waals surface area contributed by atoms with E-state index < -0.39 is 0 Å². The molecule has 0 saturated heterocycles. The number of hydrogen-bond acceptors (Lipinski definition) is 3. The van der Waals surface area contributed by atoms with Crippen molar-refractivity contribution in [3.8, 4) is 0 Å². The van der Waals surface area contributed by atoms with Crippen LogP contribution in [0.4, 0.5) is 0 Å². The molecule has 4 nitrogen and oxygen atoms in total. The Kier molecular flexibility index (Phi) is 2.92. The Morgan fingerprint density at radius 2 is 2.70 bits per heavy atom. The fourth-order valence-electron chi connectivity index (χ4n) is 0.612. The molecule has 0 atom stereocenters. The Morgan fingerprint density at radius 1 is 1.80 bits per heavy atom. The summed E-state index contributed by atoms with van der Waals surface area (Å²) < 4.78 is 0. The summed E-state index contributed by atoms with van der Waals surface area (Å²) in [5, 5.41) is 0. The molecule has 0 aliphatic rings. The highest BCUT2D eigenvalue weighted by molar-refractivity contribution is 4.92. The standard InChI is InChI=1S/C6H11N3O/c1-2-10-9-4-6-3-7-5-8-6/h3,5,9H,2,4H2,1H3,(H,7,8). The molecule has 0 fully saturated rings. The zero-order valence-electron chi connectivity index (χ0n) is 5.92. The molecule has 56 valence electrons. The van der Waals surface area contributed by atoms with E-state index in [0.29, 0.717) is 13.2 Å². The van der Waals surface area contributed by atoms with Crippen molar-refractivity contribution in [1.29, 1.82) is 0 Å². The van der Waals surface area contributed by atoms with Crippen LogP contribution in [0.2, 0.25) is 0 Å². The second kappa shape index (κ2) is 4.03. The highest BCUT2D eigenvalue weighted by atomic mass is 16.6. The quantitative estimate of drug-likeness (QED) is 0.473. The molecule has 0 saturated carbocycles. The molecule has 0 aliphatic heterocycles. The number of aromatic amines is 1. The summed E-state index contributed by atoms with van der Waals surface area (Å²) in [6.07, 6.45) is 3.40. The summed E-state index contributed by atoms with van der Waals surface area (Å²) in [5.41, 5.74) is 3.79. The lowest BCUT2D eigenvalue weighted by atomic mass is 10.5. The van der Waals surface area contributed by atoms with Gasteiger partial charge in [0.25, 0.3) is 0 Å². The molecule has 0 bridgehead atoms. The minimum Gasteiger partial charge on any atom is -0.347 e. The Labute approximate surface area is 59.6 Å². The molecule has 0 radical (unpaired) electrons. The minimum absolute atomic E-state index is 0.674. The van der Waals surface area contributed by atoms with Gasteiger partial charge in [0.2, 0.25) is 0 Å². The average molecular weight is 141 g/mol. The van der Waals surface area contributed by atoms with Gasteiger partial charge in [-0.3, -0.25) is 0 Å². The number of aromatic nitrogens is 2. The van der Waals surface area contributed by atoms with Crippen LogP contribution in [0.5, 0.6) is 0 Å². The third-order valence-electron chi connectivity index (χ3n) is 1.06. The van der Waals surface area contributed by atoms with Crippen LogP contribution in [0.15, 0.2) is 12.5 Å². The van der Waals surface area contributed by atoms with Gasteiger partial charge < -0.3 is 9.82 Å². The van der Waals surface area contributed by atoms with E-state index in [4.69, 9.17) is 4.84 Å². The van der Waals surface area contributed by atoms with Crippen molar-refractivity contribution in [2.24, 2.45) is 0 Å². The first kappa shape index (κ1) is 7.24.